The molecule has 2 heterocycles. The van der Waals surface area contributed by atoms with E-state index in [1.54, 1.807) is 0 Å². The molecule has 0 unspecified atom stereocenters. The second-order valence-corrected chi connectivity index (χ2v) is 4.03. The van der Waals surface area contributed by atoms with Gasteiger partial charge in [-0.25, -0.2) is 0 Å². The van der Waals surface area contributed by atoms with E-state index in [1.807, 2.05) is 6.20 Å². The average Bonchev–Trinajstić information content (AvgIpc) is 2.55. The summed E-state index contributed by atoms with van der Waals surface area (Å²) in [4.78, 5) is 0. The molecule has 12 heavy (non-hydrogen) atoms. The van der Waals surface area contributed by atoms with Gasteiger partial charge < -0.3 is 5.32 Å². The van der Waals surface area contributed by atoms with Crippen molar-refractivity contribution in [2.24, 2.45) is 0 Å². The smallest absolute Gasteiger partial charge is 0.0656 e. The van der Waals surface area contributed by atoms with Gasteiger partial charge in [-0.2, -0.15) is 5.10 Å². The Hall–Kier alpha value is 0.190. The van der Waals surface area contributed by atoms with E-state index < -0.39 is 0 Å². The molecule has 1 fully saturated rings. The summed E-state index contributed by atoms with van der Waals surface area (Å²) >= 11 is 2.28. The molecule has 1 aliphatic heterocycles. The van der Waals surface area contributed by atoms with Crippen molar-refractivity contribution in [1.82, 2.24) is 15.1 Å². The second kappa shape index (κ2) is 4.43. The molecule has 5 heteroatoms. The Morgan fingerprint density at radius 2 is 2.50 bits per heavy atom. The van der Waals surface area contributed by atoms with Crippen LogP contribution in [0.2, 0.25) is 0 Å². The zero-order valence-corrected chi connectivity index (χ0v) is 9.51. The van der Waals surface area contributed by atoms with Crippen molar-refractivity contribution in [1.29, 1.82) is 0 Å². The second-order valence-electron chi connectivity index (χ2n) is 2.79. The molecule has 1 aromatic rings. The summed E-state index contributed by atoms with van der Waals surface area (Å²) < 4.78 is 3.27. The van der Waals surface area contributed by atoms with E-state index >= 15 is 0 Å². The molecule has 1 aliphatic rings. The molecule has 68 valence electrons. The lowest BCUT2D eigenvalue weighted by Crippen LogP contribution is -2.13. The van der Waals surface area contributed by atoms with Gasteiger partial charge in [-0.15, -0.1) is 12.4 Å². The maximum absolute atomic E-state index is 4.27. The van der Waals surface area contributed by atoms with Crippen LogP contribution in [0, 0.1) is 3.57 Å². The highest BCUT2D eigenvalue weighted by atomic mass is 127. The first-order valence-corrected chi connectivity index (χ1v) is 4.84. The molecular weight excluding hydrogens is 288 g/mol. The van der Waals surface area contributed by atoms with E-state index in [-0.39, 0.29) is 12.4 Å². The Labute approximate surface area is 91.5 Å². The highest BCUT2D eigenvalue weighted by Gasteiger charge is 2.16. The van der Waals surface area contributed by atoms with Gasteiger partial charge in [0.25, 0.3) is 0 Å². The Morgan fingerprint density at radius 3 is 3.00 bits per heavy atom. The highest BCUT2D eigenvalue weighted by Crippen LogP contribution is 2.14. The van der Waals surface area contributed by atoms with Gasteiger partial charge in [-0.3, -0.25) is 4.68 Å². The number of rotatable bonds is 1. The van der Waals surface area contributed by atoms with Crippen LogP contribution in [0.15, 0.2) is 12.4 Å². The summed E-state index contributed by atoms with van der Waals surface area (Å²) in [6, 6.07) is 0.582. The lowest BCUT2D eigenvalue weighted by atomic mass is 10.3. The van der Waals surface area contributed by atoms with Crippen LogP contribution in [0.25, 0.3) is 0 Å². The fraction of sp³-hybridized carbons (Fsp3) is 0.571. The molecule has 1 saturated heterocycles. The van der Waals surface area contributed by atoms with Crippen LogP contribution in [-0.4, -0.2) is 22.9 Å². The van der Waals surface area contributed by atoms with Gasteiger partial charge in [-0.1, -0.05) is 0 Å². The van der Waals surface area contributed by atoms with Crippen molar-refractivity contribution in [2.75, 3.05) is 13.1 Å². The third kappa shape index (κ3) is 2.11. The summed E-state index contributed by atoms with van der Waals surface area (Å²) in [6.45, 7) is 2.19. The van der Waals surface area contributed by atoms with Crippen molar-refractivity contribution in [3.8, 4) is 0 Å². The van der Waals surface area contributed by atoms with E-state index in [1.165, 1.54) is 9.99 Å². The molecule has 1 N–H and O–H groups in total. The number of nitrogens with one attached hydrogen (secondary N) is 1. The summed E-state index contributed by atoms with van der Waals surface area (Å²) in [6.07, 6.45) is 5.20. The van der Waals surface area contributed by atoms with Crippen LogP contribution in [-0.2, 0) is 0 Å². The molecule has 0 saturated carbocycles. The van der Waals surface area contributed by atoms with Crippen LogP contribution in [0.1, 0.15) is 12.5 Å². The molecule has 0 radical (unpaired) electrons. The monoisotopic (exact) mass is 299 g/mol. The third-order valence-corrected chi connectivity index (χ3v) is 2.54. The minimum atomic E-state index is 0. The van der Waals surface area contributed by atoms with Gasteiger partial charge in [0.15, 0.2) is 0 Å². The van der Waals surface area contributed by atoms with Crippen LogP contribution in [0.5, 0.6) is 0 Å². The average molecular weight is 300 g/mol. The maximum atomic E-state index is 4.27. The van der Waals surface area contributed by atoms with Crippen molar-refractivity contribution >= 4 is 35.0 Å². The molecule has 0 aromatic carbocycles. The fourth-order valence-corrected chi connectivity index (χ4v) is 1.79. The zero-order chi connectivity index (χ0) is 7.68. The first-order chi connectivity index (χ1) is 5.36. The number of halogens is 2. The molecule has 2 rings (SSSR count). The number of aromatic nitrogens is 2. The summed E-state index contributed by atoms with van der Waals surface area (Å²) in [5, 5.41) is 7.58. The quantitative estimate of drug-likeness (QED) is 0.796. The Morgan fingerprint density at radius 1 is 1.67 bits per heavy atom. The minimum Gasteiger partial charge on any atom is -0.315 e. The fourth-order valence-electron chi connectivity index (χ4n) is 1.38. The predicted molar refractivity (Wildman–Crippen MR) is 58.7 cm³/mol. The van der Waals surface area contributed by atoms with E-state index in [2.05, 4.69) is 43.9 Å². The van der Waals surface area contributed by atoms with Gasteiger partial charge >= 0.3 is 0 Å². The van der Waals surface area contributed by atoms with E-state index in [4.69, 9.17) is 0 Å². The lowest BCUT2D eigenvalue weighted by Gasteiger charge is -2.07. The van der Waals surface area contributed by atoms with E-state index in [0.717, 1.165) is 13.1 Å². The van der Waals surface area contributed by atoms with Gasteiger partial charge in [-0.05, 0) is 35.6 Å². The predicted octanol–water partition coefficient (Wildman–Crippen LogP) is 1.44. The van der Waals surface area contributed by atoms with Crippen LogP contribution < -0.4 is 5.32 Å². The van der Waals surface area contributed by atoms with Crippen molar-refractivity contribution < 1.29 is 0 Å². The van der Waals surface area contributed by atoms with Crippen LogP contribution in [0.3, 0.4) is 0 Å². The third-order valence-electron chi connectivity index (χ3n) is 1.98. The van der Waals surface area contributed by atoms with Gasteiger partial charge in [0.2, 0.25) is 0 Å². The molecule has 1 aromatic heterocycles. The molecule has 0 spiro atoms. The normalized spacial score (nSPS) is 22.2. The Bertz CT molecular complexity index is 245. The zero-order valence-electron chi connectivity index (χ0n) is 6.53. The molecule has 0 aliphatic carbocycles. The Balaban J connectivity index is 0.000000720. The molecule has 3 nitrogen and oxygen atoms in total. The van der Waals surface area contributed by atoms with Gasteiger partial charge in [0.1, 0.15) is 0 Å². The summed E-state index contributed by atoms with van der Waals surface area (Å²) in [5.74, 6) is 0. The molecule has 0 bridgehead atoms. The first-order valence-electron chi connectivity index (χ1n) is 3.76. The van der Waals surface area contributed by atoms with Crippen molar-refractivity contribution in [2.45, 2.75) is 12.5 Å². The number of nitrogens with zero attached hydrogens (tertiary/aromatic N) is 2. The van der Waals surface area contributed by atoms with Gasteiger partial charge in [0, 0.05) is 12.7 Å². The van der Waals surface area contributed by atoms with Crippen LogP contribution in [0.4, 0.5) is 0 Å². The summed E-state index contributed by atoms with van der Waals surface area (Å²) in [7, 11) is 0. The van der Waals surface area contributed by atoms with Crippen molar-refractivity contribution in [3.05, 3.63) is 16.0 Å². The largest absolute Gasteiger partial charge is 0.315 e. The molecule has 0 amide bonds. The molecular formula is C7H11ClIN3. The van der Waals surface area contributed by atoms with Gasteiger partial charge in [0.05, 0.1) is 15.8 Å². The SMILES string of the molecule is Cl.Ic1cnn([C@@H]2CCNC2)c1. The number of hydrogen-bond donors (Lipinski definition) is 1. The first kappa shape index (κ1) is 10.3. The highest BCUT2D eigenvalue weighted by molar-refractivity contribution is 14.1. The summed E-state index contributed by atoms with van der Waals surface area (Å²) in [5.41, 5.74) is 0. The maximum Gasteiger partial charge on any atom is 0.0656 e. The van der Waals surface area contributed by atoms with E-state index in [0.29, 0.717) is 6.04 Å². The lowest BCUT2D eigenvalue weighted by molar-refractivity contribution is 0.490. The number of hydrogen-bond acceptors (Lipinski definition) is 2. The molecule has 1 atom stereocenters. The van der Waals surface area contributed by atoms with E-state index in [9.17, 15) is 0 Å². The van der Waals surface area contributed by atoms with Crippen LogP contribution >= 0.6 is 35.0 Å². The topological polar surface area (TPSA) is 29.9 Å². The van der Waals surface area contributed by atoms with Crippen molar-refractivity contribution in [3.63, 3.8) is 0 Å². The standard InChI is InChI=1S/C7H10IN3.ClH/c8-6-3-10-11(5-6)7-1-2-9-4-7;/h3,5,7,9H,1-2,4H2;1H/t7-;/m1./s1. The Kier molecular flexibility index (Phi) is 3.79. The minimum absolute atomic E-state index is 0.